The summed E-state index contributed by atoms with van der Waals surface area (Å²) in [6.45, 7) is 8.44. The normalized spacial score (nSPS) is 11.9. The van der Waals surface area contributed by atoms with Gasteiger partial charge in [0, 0.05) is 5.69 Å². The number of amides is 1. The molecule has 2 aromatic carbocycles. The van der Waals surface area contributed by atoms with Gasteiger partial charge in [-0.1, -0.05) is 17.8 Å². The van der Waals surface area contributed by atoms with E-state index in [4.69, 9.17) is 4.74 Å². The molecule has 1 N–H and O–H groups in total. The van der Waals surface area contributed by atoms with Crippen LogP contribution < -0.4 is 10.1 Å². The molecule has 0 aliphatic heterocycles. The van der Waals surface area contributed by atoms with Crippen molar-refractivity contribution < 1.29 is 9.53 Å². The first kappa shape index (κ1) is 19.9. The van der Waals surface area contributed by atoms with Crippen LogP contribution in [-0.2, 0) is 4.79 Å². The summed E-state index contributed by atoms with van der Waals surface area (Å²) < 4.78 is 7.07. The number of rotatable bonds is 7. The Kier molecular flexibility index (Phi) is 6.30. The fourth-order valence-electron chi connectivity index (χ4n) is 2.54. The smallest absolute Gasteiger partial charge is 0.237 e. The molecule has 8 heteroatoms. The van der Waals surface area contributed by atoms with Crippen molar-refractivity contribution in [2.24, 2.45) is 0 Å². The lowest BCUT2D eigenvalue weighted by Crippen LogP contribution is -2.23. The molecule has 1 atom stereocenters. The van der Waals surface area contributed by atoms with Gasteiger partial charge in [0.15, 0.2) is 0 Å². The number of carbonyl (C=O) groups excluding carboxylic acids is 1. The number of carbonyl (C=O) groups is 1. The molecule has 0 saturated heterocycles. The lowest BCUT2D eigenvalue weighted by molar-refractivity contribution is -0.115. The van der Waals surface area contributed by atoms with Crippen LogP contribution in [0.2, 0.25) is 0 Å². The average Bonchev–Trinajstić information content (AvgIpc) is 3.13. The first-order valence-corrected chi connectivity index (χ1v) is 9.92. The Hall–Kier alpha value is -2.87. The van der Waals surface area contributed by atoms with Gasteiger partial charge in [0.1, 0.15) is 5.75 Å². The fourth-order valence-corrected chi connectivity index (χ4v) is 3.35. The van der Waals surface area contributed by atoms with Gasteiger partial charge in [0.25, 0.3) is 0 Å². The lowest BCUT2D eigenvalue weighted by atomic mass is 10.1. The first-order chi connectivity index (χ1) is 13.5. The number of hydrogen-bond donors (Lipinski definition) is 1. The van der Waals surface area contributed by atoms with Gasteiger partial charge in [-0.2, -0.15) is 4.68 Å². The summed E-state index contributed by atoms with van der Waals surface area (Å²) in [5, 5.41) is 15.0. The number of tetrazole rings is 1. The molecule has 0 bridgehead atoms. The average molecular weight is 398 g/mol. The van der Waals surface area contributed by atoms with Crippen molar-refractivity contribution in [3.8, 4) is 11.4 Å². The minimum Gasteiger partial charge on any atom is -0.494 e. The van der Waals surface area contributed by atoms with Gasteiger partial charge in [-0.3, -0.25) is 4.79 Å². The summed E-state index contributed by atoms with van der Waals surface area (Å²) >= 11 is 1.30. The highest BCUT2D eigenvalue weighted by atomic mass is 32.2. The number of thioether (sulfide) groups is 1. The zero-order valence-corrected chi connectivity index (χ0v) is 17.2. The summed E-state index contributed by atoms with van der Waals surface area (Å²) in [7, 11) is 0. The predicted octanol–water partition coefficient (Wildman–Crippen LogP) is 3.80. The van der Waals surface area contributed by atoms with Crippen LogP contribution in [0.4, 0.5) is 5.69 Å². The van der Waals surface area contributed by atoms with Crippen LogP contribution in [0.1, 0.15) is 25.0 Å². The Morgan fingerprint density at radius 1 is 1.18 bits per heavy atom. The standard InChI is InChI=1S/C20H23N5O2S/c1-5-27-18-10-8-17(9-11-18)25-20(22-23-24-25)28-15(4)19(26)21-16-7-6-13(2)14(3)12-16/h6-12,15H,5H2,1-4H3,(H,21,26). The van der Waals surface area contributed by atoms with E-state index < -0.39 is 0 Å². The van der Waals surface area contributed by atoms with Crippen molar-refractivity contribution in [2.45, 2.75) is 38.1 Å². The van der Waals surface area contributed by atoms with E-state index in [1.54, 1.807) is 4.68 Å². The van der Waals surface area contributed by atoms with Crippen LogP contribution in [0.5, 0.6) is 5.75 Å². The zero-order chi connectivity index (χ0) is 20.1. The third-order valence-corrected chi connectivity index (χ3v) is 5.29. The van der Waals surface area contributed by atoms with Crippen LogP contribution in [-0.4, -0.2) is 38.0 Å². The summed E-state index contributed by atoms with van der Waals surface area (Å²) in [6, 6.07) is 13.4. The van der Waals surface area contributed by atoms with Gasteiger partial charge >= 0.3 is 0 Å². The summed E-state index contributed by atoms with van der Waals surface area (Å²) in [5.41, 5.74) is 3.91. The summed E-state index contributed by atoms with van der Waals surface area (Å²) in [4.78, 5) is 12.6. The lowest BCUT2D eigenvalue weighted by Gasteiger charge is -2.13. The van der Waals surface area contributed by atoms with Crippen molar-refractivity contribution in [3.63, 3.8) is 0 Å². The van der Waals surface area contributed by atoms with Gasteiger partial charge in [-0.25, -0.2) is 0 Å². The quantitative estimate of drug-likeness (QED) is 0.611. The molecule has 0 radical (unpaired) electrons. The van der Waals surface area contributed by atoms with E-state index in [0.717, 1.165) is 22.7 Å². The molecule has 1 aromatic heterocycles. The predicted molar refractivity (Wildman–Crippen MR) is 110 cm³/mol. The van der Waals surface area contributed by atoms with Gasteiger partial charge in [-0.05, 0) is 85.6 Å². The maximum atomic E-state index is 12.6. The molecular formula is C20H23N5O2S. The zero-order valence-electron chi connectivity index (χ0n) is 16.3. The molecule has 3 aromatic rings. The Bertz CT molecular complexity index is 955. The number of nitrogens with one attached hydrogen (secondary N) is 1. The number of anilines is 1. The molecule has 1 unspecified atom stereocenters. The molecule has 7 nitrogen and oxygen atoms in total. The van der Waals surface area contributed by atoms with E-state index >= 15 is 0 Å². The second-order valence-electron chi connectivity index (χ2n) is 6.35. The maximum Gasteiger partial charge on any atom is 0.237 e. The molecule has 0 spiro atoms. The van der Waals surface area contributed by atoms with Crippen molar-refractivity contribution in [2.75, 3.05) is 11.9 Å². The Morgan fingerprint density at radius 2 is 1.93 bits per heavy atom. The number of aryl methyl sites for hydroxylation is 2. The molecule has 146 valence electrons. The summed E-state index contributed by atoms with van der Waals surface area (Å²) in [6.07, 6.45) is 0. The maximum absolute atomic E-state index is 12.6. The highest BCUT2D eigenvalue weighted by molar-refractivity contribution is 8.00. The van der Waals surface area contributed by atoms with Gasteiger partial charge in [-0.15, -0.1) is 5.10 Å². The van der Waals surface area contributed by atoms with Crippen molar-refractivity contribution in [3.05, 3.63) is 53.6 Å². The highest BCUT2D eigenvalue weighted by Gasteiger charge is 2.19. The highest BCUT2D eigenvalue weighted by Crippen LogP contribution is 2.25. The third-order valence-electron chi connectivity index (χ3n) is 4.26. The number of aromatic nitrogens is 4. The van der Waals surface area contributed by atoms with Crippen molar-refractivity contribution >= 4 is 23.4 Å². The van der Waals surface area contributed by atoms with Crippen LogP contribution in [0.3, 0.4) is 0 Å². The Labute approximate surface area is 168 Å². The second-order valence-corrected chi connectivity index (χ2v) is 7.66. The van der Waals surface area contributed by atoms with Gasteiger partial charge in [0.05, 0.1) is 17.5 Å². The molecular weight excluding hydrogens is 374 g/mol. The van der Waals surface area contributed by atoms with E-state index in [9.17, 15) is 4.79 Å². The van der Waals surface area contributed by atoms with Crippen molar-refractivity contribution in [1.82, 2.24) is 20.2 Å². The van der Waals surface area contributed by atoms with E-state index in [1.807, 2.05) is 70.2 Å². The Balaban J connectivity index is 1.69. The van der Waals surface area contributed by atoms with Crippen LogP contribution in [0.15, 0.2) is 47.6 Å². The summed E-state index contributed by atoms with van der Waals surface area (Å²) in [5.74, 6) is 0.684. The molecule has 0 aliphatic rings. The minimum atomic E-state index is -0.367. The molecule has 3 rings (SSSR count). The van der Waals surface area contributed by atoms with E-state index in [2.05, 4.69) is 20.8 Å². The topological polar surface area (TPSA) is 81.9 Å². The second kappa shape index (κ2) is 8.88. The molecule has 0 fully saturated rings. The van der Waals surface area contributed by atoms with Crippen LogP contribution in [0.25, 0.3) is 5.69 Å². The number of nitrogens with zero attached hydrogens (tertiary/aromatic N) is 4. The molecule has 0 saturated carbocycles. The van der Waals surface area contributed by atoms with E-state index in [0.29, 0.717) is 11.8 Å². The minimum absolute atomic E-state index is 0.102. The van der Waals surface area contributed by atoms with Crippen LogP contribution in [0, 0.1) is 13.8 Å². The van der Waals surface area contributed by atoms with Crippen molar-refractivity contribution in [1.29, 1.82) is 0 Å². The number of hydrogen-bond acceptors (Lipinski definition) is 6. The van der Waals surface area contributed by atoms with Gasteiger partial charge in [0.2, 0.25) is 11.1 Å². The SMILES string of the molecule is CCOc1ccc(-n2nnnc2SC(C)C(=O)Nc2ccc(C)c(C)c2)cc1. The number of benzene rings is 2. The Morgan fingerprint density at radius 3 is 2.61 bits per heavy atom. The molecule has 1 heterocycles. The molecule has 0 aliphatic carbocycles. The monoisotopic (exact) mass is 397 g/mol. The van der Waals surface area contributed by atoms with E-state index in [-0.39, 0.29) is 11.2 Å². The van der Waals surface area contributed by atoms with Crippen LogP contribution >= 0.6 is 11.8 Å². The number of ether oxygens (including phenoxy) is 1. The van der Waals surface area contributed by atoms with Gasteiger partial charge < -0.3 is 10.1 Å². The molecule has 28 heavy (non-hydrogen) atoms. The van der Waals surface area contributed by atoms with E-state index in [1.165, 1.54) is 17.3 Å². The fraction of sp³-hybridized carbons (Fsp3) is 0.300. The third kappa shape index (κ3) is 4.69. The largest absolute Gasteiger partial charge is 0.494 e. The molecule has 1 amide bonds. The first-order valence-electron chi connectivity index (χ1n) is 9.04.